The Hall–Kier alpha value is -4.23. The number of aromatic nitrogens is 3. The van der Waals surface area contributed by atoms with Crippen molar-refractivity contribution in [3.8, 4) is 0 Å². The van der Waals surface area contributed by atoms with E-state index in [9.17, 15) is 14.7 Å². The van der Waals surface area contributed by atoms with Crippen LogP contribution in [-0.4, -0.2) is 43.5 Å². The number of benzene rings is 3. The summed E-state index contributed by atoms with van der Waals surface area (Å²) in [6, 6.07) is 22.5. The molecule has 12 heteroatoms. The summed E-state index contributed by atoms with van der Waals surface area (Å²) < 4.78 is 14.8. The first kappa shape index (κ1) is 34.1. The summed E-state index contributed by atoms with van der Waals surface area (Å²) in [6.07, 6.45) is 5.34. The summed E-state index contributed by atoms with van der Waals surface area (Å²) in [5, 5.41) is 24.3. The van der Waals surface area contributed by atoms with Crippen LogP contribution in [0.3, 0.4) is 0 Å². The molecule has 0 spiro atoms. The van der Waals surface area contributed by atoms with Gasteiger partial charge in [-0.15, -0.1) is 10.2 Å². The molecular weight excluding hydrogens is 616 g/mol. The van der Waals surface area contributed by atoms with Gasteiger partial charge in [-0.05, 0) is 48.2 Å². The molecule has 1 aliphatic heterocycles. The maximum atomic E-state index is 12.8. The maximum absolute atomic E-state index is 12.8. The maximum Gasteiger partial charge on any atom is 0.224 e. The number of nitrogens with one attached hydrogen (secondary N) is 2. The van der Waals surface area contributed by atoms with Crippen molar-refractivity contribution in [2.24, 2.45) is 7.05 Å². The molecule has 1 aliphatic rings. The third-order valence-electron chi connectivity index (χ3n) is 7.92. The van der Waals surface area contributed by atoms with Gasteiger partial charge in [0.25, 0.3) is 0 Å². The zero-order chi connectivity index (χ0) is 33.0. The number of ether oxygens (including phenoxy) is 2. The minimum absolute atomic E-state index is 0.0167. The molecule has 0 radical (unpaired) electrons. The smallest absolute Gasteiger partial charge is 0.224 e. The summed E-state index contributed by atoms with van der Waals surface area (Å²) in [6.45, 7) is -0.0167. The number of unbranched alkanes of at least 4 members (excludes halogenated alkanes) is 3. The van der Waals surface area contributed by atoms with E-state index in [4.69, 9.17) is 15.2 Å². The minimum Gasteiger partial charge on any atom is -0.397 e. The Bertz CT molecular complexity index is 1610. The van der Waals surface area contributed by atoms with Crippen LogP contribution in [0.2, 0.25) is 0 Å². The van der Waals surface area contributed by atoms with Gasteiger partial charge >= 0.3 is 0 Å². The fourth-order valence-electron chi connectivity index (χ4n) is 5.33. The minimum atomic E-state index is -0.635. The highest BCUT2D eigenvalue weighted by Gasteiger charge is 2.32. The van der Waals surface area contributed by atoms with Crippen molar-refractivity contribution in [3.63, 3.8) is 0 Å². The van der Waals surface area contributed by atoms with E-state index in [0.29, 0.717) is 42.1 Å². The molecule has 0 bridgehead atoms. The fraction of sp³-hybridized carbons (Fsp3) is 0.371. The Kier molecular flexibility index (Phi) is 12.4. The molecule has 3 unspecified atom stereocenters. The van der Waals surface area contributed by atoms with Gasteiger partial charge in [0.1, 0.15) is 6.33 Å². The van der Waals surface area contributed by atoms with Crippen LogP contribution in [0.5, 0.6) is 0 Å². The Labute approximate surface area is 279 Å². The standard InChI is InChI=1S/C35H42N6O5S/c1-41-23-37-40-35(41)47-22-28-20-31(25-17-15-24(21-42)16-18-25)46-34(45-28)26-9-8-10-27(19-26)38-32(43)13-4-2-3-5-14-33(44)39-30-12-7-6-11-29(30)36/h6-12,15-19,23,28,31,34,42H,2-5,13-14,20-22,36H2,1H3,(H,38,43)(H,39,44). The fourth-order valence-corrected chi connectivity index (χ4v) is 6.23. The number of thioether (sulfide) groups is 1. The molecule has 5 N–H and O–H groups in total. The van der Waals surface area contributed by atoms with Crippen LogP contribution >= 0.6 is 11.8 Å². The first-order valence-electron chi connectivity index (χ1n) is 15.9. The van der Waals surface area contributed by atoms with Gasteiger partial charge < -0.3 is 35.5 Å². The van der Waals surface area contributed by atoms with Crippen molar-refractivity contribution >= 4 is 40.6 Å². The molecule has 4 aromatic rings. The molecule has 0 aliphatic carbocycles. The topological polar surface area (TPSA) is 154 Å². The third kappa shape index (κ3) is 10.1. The Morgan fingerprint density at radius 3 is 2.38 bits per heavy atom. The molecule has 2 heterocycles. The van der Waals surface area contributed by atoms with E-state index in [1.54, 1.807) is 30.2 Å². The lowest BCUT2D eigenvalue weighted by Crippen LogP contribution is -2.31. The largest absolute Gasteiger partial charge is 0.397 e. The van der Waals surface area contributed by atoms with E-state index in [-0.39, 0.29) is 30.6 Å². The van der Waals surface area contributed by atoms with Crippen LogP contribution < -0.4 is 16.4 Å². The molecule has 2 amide bonds. The van der Waals surface area contributed by atoms with Gasteiger partial charge in [-0.2, -0.15) is 0 Å². The zero-order valence-corrected chi connectivity index (χ0v) is 27.3. The van der Waals surface area contributed by atoms with Gasteiger partial charge in [0.15, 0.2) is 11.4 Å². The third-order valence-corrected chi connectivity index (χ3v) is 9.08. The van der Waals surface area contributed by atoms with E-state index < -0.39 is 6.29 Å². The number of carbonyl (C=O) groups excluding carboxylic acids is 2. The van der Waals surface area contributed by atoms with E-state index in [1.165, 1.54) is 0 Å². The number of aliphatic hydroxyl groups excluding tert-OH is 1. The molecule has 0 saturated carbocycles. The highest BCUT2D eigenvalue weighted by Crippen LogP contribution is 2.39. The number of para-hydroxylation sites is 2. The number of hydrogen-bond donors (Lipinski definition) is 4. The lowest BCUT2D eigenvalue weighted by atomic mass is 10.0. The quantitative estimate of drug-likeness (QED) is 0.0670. The van der Waals surface area contributed by atoms with E-state index >= 15 is 0 Å². The monoisotopic (exact) mass is 658 g/mol. The number of nitrogen functional groups attached to an aromatic ring is 1. The van der Waals surface area contributed by atoms with Gasteiger partial charge in [-0.3, -0.25) is 9.59 Å². The van der Waals surface area contributed by atoms with Crippen LogP contribution in [0.15, 0.2) is 84.3 Å². The molecular formula is C35H42N6O5S. The van der Waals surface area contributed by atoms with Crippen molar-refractivity contribution < 1.29 is 24.2 Å². The van der Waals surface area contributed by atoms with Crippen molar-refractivity contribution in [1.29, 1.82) is 0 Å². The number of aliphatic hydroxyl groups is 1. The predicted octanol–water partition coefficient (Wildman–Crippen LogP) is 6.15. The summed E-state index contributed by atoms with van der Waals surface area (Å²) in [5.41, 5.74) is 10.4. The highest BCUT2D eigenvalue weighted by molar-refractivity contribution is 7.99. The van der Waals surface area contributed by atoms with Gasteiger partial charge in [0, 0.05) is 43.3 Å². The summed E-state index contributed by atoms with van der Waals surface area (Å²) >= 11 is 1.58. The van der Waals surface area contributed by atoms with E-state index in [1.807, 2.05) is 72.3 Å². The Morgan fingerprint density at radius 2 is 1.68 bits per heavy atom. The van der Waals surface area contributed by atoms with Crippen LogP contribution in [0.4, 0.5) is 17.1 Å². The molecule has 1 fully saturated rings. The van der Waals surface area contributed by atoms with Crippen molar-refractivity contribution in [3.05, 3.63) is 95.8 Å². The van der Waals surface area contributed by atoms with Crippen molar-refractivity contribution in [2.45, 2.75) is 75.2 Å². The van der Waals surface area contributed by atoms with Crippen LogP contribution in [0.1, 0.15) is 74.0 Å². The number of nitrogens with two attached hydrogens (primary N) is 1. The molecule has 5 rings (SSSR count). The average Bonchev–Trinajstić information content (AvgIpc) is 3.50. The number of anilines is 3. The molecule has 248 valence electrons. The van der Waals surface area contributed by atoms with Crippen LogP contribution in [0, 0.1) is 0 Å². The summed E-state index contributed by atoms with van der Waals surface area (Å²) in [5.74, 6) is 0.540. The highest BCUT2D eigenvalue weighted by atomic mass is 32.2. The zero-order valence-electron chi connectivity index (χ0n) is 26.5. The summed E-state index contributed by atoms with van der Waals surface area (Å²) in [4.78, 5) is 25.0. The lowest BCUT2D eigenvalue weighted by Gasteiger charge is -2.36. The number of carbonyl (C=O) groups is 2. The Morgan fingerprint density at radius 1 is 0.936 bits per heavy atom. The molecule has 1 aromatic heterocycles. The van der Waals surface area contributed by atoms with Crippen molar-refractivity contribution in [2.75, 3.05) is 22.1 Å². The first-order valence-corrected chi connectivity index (χ1v) is 16.9. The van der Waals surface area contributed by atoms with E-state index in [0.717, 1.165) is 47.5 Å². The molecule has 47 heavy (non-hydrogen) atoms. The second-order valence-electron chi connectivity index (χ2n) is 11.6. The number of rotatable bonds is 15. The SMILES string of the molecule is Cn1cnnc1SCC1CC(c2ccc(CO)cc2)OC(c2cccc(NC(=O)CCCCCCC(=O)Nc3ccccc3N)c2)O1. The normalized spacial score (nSPS) is 17.7. The molecule has 3 aromatic carbocycles. The number of nitrogens with zero attached hydrogens (tertiary/aromatic N) is 3. The average molecular weight is 659 g/mol. The van der Waals surface area contributed by atoms with Crippen LogP contribution in [-0.2, 0) is 32.7 Å². The van der Waals surface area contributed by atoms with Gasteiger partial charge in [-0.1, -0.05) is 73.1 Å². The number of aryl methyl sites for hydroxylation is 1. The molecule has 1 saturated heterocycles. The second kappa shape index (κ2) is 17.1. The molecule has 11 nitrogen and oxygen atoms in total. The number of amides is 2. The predicted molar refractivity (Wildman–Crippen MR) is 182 cm³/mol. The number of hydrogen-bond acceptors (Lipinski definition) is 9. The summed E-state index contributed by atoms with van der Waals surface area (Å²) in [7, 11) is 1.91. The second-order valence-corrected chi connectivity index (χ2v) is 12.6. The molecule has 3 atom stereocenters. The van der Waals surface area contributed by atoms with E-state index in [2.05, 4.69) is 20.8 Å². The Balaban J connectivity index is 1.11. The van der Waals surface area contributed by atoms with Crippen molar-refractivity contribution in [1.82, 2.24) is 14.8 Å². The first-order chi connectivity index (χ1) is 22.9. The van der Waals surface area contributed by atoms with Gasteiger partial charge in [-0.25, -0.2) is 0 Å². The van der Waals surface area contributed by atoms with Crippen LogP contribution in [0.25, 0.3) is 0 Å². The van der Waals surface area contributed by atoms with Gasteiger partial charge in [0.2, 0.25) is 11.8 Å². The van der Waals surface area contributed by atoms with Gasteiger partial charge in [0.05, 0.1) is 30.2 Å². The lowest BCUT2D eigenvalue weighted by molar-refractivity contribution is -0.245.